The van der Waals surface area contributed by atoms with Crippen LogP contribution in [0.4, 0.5) is 0 Å². The van der Waals surface area contributed by atoms with Gasteiger partial charge in [-0.2, -0.15) is 0 Å². The number of amides is 1. The van der Waals surface area contributed by atoms with Gasteiger partial charge in [-0.1, -0.05) is 18.5 Å². The molecule has 1 fully saturated rings. The zero-order valence-electron chi connectivity index (χ0n) is 12.7. The second-order valence-corrected chi connectivity index (χ2v) is 5.94. The number of nitrogens with one attached hydrogen (secondary N) is 1. The van der Waals surface area contributed by atoms with Gasteiger partial charge in [-0.25, -0.2) is 0 Å². The number of carbonyl (C=O) groups is 1. The Kier molecular flexibility index (Phi) is 7.50. The first kappa shape index (κ1) is 18.3. The first-order valence-corrected chi connectivity index (χ1v) is 7.75. The summed E-state index contributed by atoms with van der Waals surface area (Å²) >= 11 is 5.94. The number of hydrogen-bond donors (Lipinski definition) is 1. The summed E-state index contributed by atoms with van der Waals surface area (Å²) in [4.78, 5) is 14.5. The molecule has 0 aromatic heterocycles. The van der Waals surface area contributed by atoms with Gasteiger partial charge in [-0.15, -0.1) is 12.4 Å². The number of hydrogen-bond acceptors (Lipinski definition) is 2. The van der Waals surface area contributed by atoms with Gasteiger partial charge in [0.05, 0.1) is 0 Å². The summed E-state index contributed by atoms with van der Waals surface area (Å²) in [5, 5.41) is 4.07. The van der Waals surface area contributed by atoms with Crippen LogP contribution in [0.5, 0.6) is 0 Å². The summed E-state index contributed by atoms with van der Waals surface area (Å²) < 4.78 is 0. The van der Waals surface area contributed by atoms with Crippen molar-refractivity contribution >= 4 is 29.9 Å². The van der Waals surface area contributed by atoms with Crippen molar-refractivity contribution in [3.05, 3.63) is 34.3 Å². The Hall–Kier alpha value is -0.770. The van der Waals surface area contributed by atoms with Crippen molar-refractivity contribution in [2.24, 2.45) is 5.92 Å². The lowest BCUT2D eigenvalue weighted by Gasteiger charge is -2.32. The zero-order valence-corrected chi connectivity index (χ0v) is 14.3. The molecule has 1 aromatic rings. The molecule has 1 aliphatic rings. The van der Waals surface area contributed by atoms with Crippen LogP contribution in [0, 0.1) is 12.8 Å². The number of halogens is 2. The van der Waals surface area contributed by atoms with Gasteiger partial charge < -0.3 is 10.2 Å². The molecular weight excluding hydrogens is 307 g/mol. The number of carbonyl (C=O) groups excluding carboxylic acids is 1. The fourth-order valence-electron chi connectivity index (χ4n) is 2.73. The van der Waals surface area contributed by atoms with Crippen LogP contribution in [-0.4, -0.2) is 37.0 Å². The van der Waals surface area contributed by atoms with E-state index in [-0.39, 0.29) is 18.3 Å². The van der Waals surface area contributed by atoms with Crippen molar-refractivity contribution in [1.82, 2.24) is 10.2 Å². The molecule has 0 saturated carbocycles. The summed E-state index contributed by atoms with van der Waals surface area (Å²) in [6.45, 7) is 7.87. The maximum atomic E-state index is 12.5. The highest BCUT2D eigenvalue weighted by Crippen LogP contribution is 2.21. The highest BCUT2D eigenvalue weighted by Gasteiger charge is 2.24. The molecular formula is C16H24Cl2N2O. The largest absolute Gasteiger partial charge is 0.339 e. The van der Waals surface area contributed by atoms with Gasteiger partial charge in [-0.05, 0) is 62.5 Å². The number of aryl methyl sites for hydroxylation is 1. The van der Waals surface area contributed by atoms with E-state index in [0.29, 0.717) is 10.9 Å². The second kappa shape index (κ2) is 8.62. The van der Waals surface area contributed by atoms with Crippen LogP contribution in [0.2, 0.25) is 5.02 Å². The lowest BCUT2D eigenvalue weighted by Crippen LogP contribution is -2.41. The number of likely N-dealkylation sites (tertiary alicyclic amines) is 1. The molecule has 1 saturated heterocycles. The highest BCUT2D eigenvalue weighted by atomic mass is 35.5. The molecule has 2 rings (SSSR count). The Bertz CT molecular complexity index is 471. The van der Waals surface area contributed by atoms with Gasteiger partial charge in [0.25, 0.3) is 5.91 Å². The average Bonchev–Trinajstić information content (AvgIpc) is 2.45. The van der Waals surface area contributed by atoms with E-state index < -0.39 is 0 Å². The molecule has 1 aliphatic heterocycles. The third-order valence-electron chi connectivity index (χ3n) is 4.00. The van der Waals surface area contributed by atoms with E-state index in [4.69, 9.17) is 11.6 Å². The summed E-state index contributed by atoms with van der Waals surface area (Å²) in [7, 11) is 0. The molecule has 0 atom stereocenters. The van der Waals surface area contributed by atoms with Crippen molar-refractivity contribution in [3.63, 3.8) is 0 Å². The van der Waals surface area contributed by atoms with Crippen molar-refractivity contribution in [1.29, 1.82) is 0 Å². The SMILES string of the molecule is CCNCC1CCN(C(=O)c2ccc(Cl)cc2C)CC1.Cl. The Morgan fingerprint density at radius 1 is 1.38 bits per heavy atom. The van der Waals surface area contributed by atoms with Crippen LogP contribution < -0.4 is 5.32 Å². The van der Waals surface area contributed by atoms with Gasteiger partial charge in [0.1, 0.15) is 0 Å². The molecule has 1 heterocycles. The molecule has 5 heteroatoms. The predicted molar refractivity (Wildman–Crippen MR) is 90.6 cm³/mol. The molecule has 118 valence electrons. The molecule has 0 spiro atoms. The minimum Gasteiger partial charge on any atom is -0.339 e. The fraction of sp³-hybridized carbons (Fsp3) is 0.562. The van der Waals surface area contributed by atoms with Crippen LogP contribution in [0.1, 0.15) is 35.7 Å². The first-order chi connectivity index (χ1) is 9.61. The van der Waals surface area contributed by atoms with Crippen LogP contribution in [0.15, 0.2) is 18.2 Å². The smallest absolute Gasteiger partial charge is 0.254 e. The van der Waals surface area contributed by atoms with E-state index >= 15 is 0 Å². The average molecular weight is 331 g/mol. The number of rotatable bonds is 4. The maximum absolute atomic E-state index is 12.5. The minimum atomic E-state index is 0. The van der Waals surface area contributed by atoms with Gasteiger partial charge in [0.2, 0.25) is 0 Å². The monoisotopic (exact) mass is 330 g/mol. The van der Waals surface area contributed by atoms with E-state index in [9.17, 15) is 4.79 Å². The molecule has 1 amide bonds. The molecule has 1 N–H and O–H groups in total. The fourth-order valence-corrected chi connectivity index (χ4v) is 2.95. The van der Waals surface area contributed by atoms with Gasteiger partial charge in [0.15, 0.2) is 0 Å². The van der Waals surface area contributed by atoms with Gasteiger partial charge >= 0.3 is 0 Å². The summed E-state index contributed by atoms with van der Waals surface area (Å²) in [5.41, 5.74) is 1.73. The Labute approximate surface area is 138 Å². The van der Waals surface area contributed by atoms with E-state index in [2.05, 4.69) is 12.2 Å². The molecule has 1 aromatic carbocycles. The molecule has 21 heavy (non-hydrogen) atoms. The first-order valence-electron chi connectivity index (χ1n) is 7.38. The van der Waals surface area contributed by atoms with Gasteiger partial charge in [0, 0.05) is 23.7 Å². The van der Waals surface area contributed by atoms with Crippen LogP contribution in [0.3, 0.4) is 0 Å². The van der Waals surface area contributed by atoms with E-state index in [0.717, 1.165) is 50.1 Å². The van der Waals surface area contributed by atoms with Crippen LogP contribution >= 0.6 is 24.0 Å². The van der Waals surface area contributed by atoms with Crippen LogP contribution in [-0.2, 0) is 0 Å². The Morgan fingerprint density at radius 2 is 2.05 bits per heavy atom. The summed E-state index contributed by atoms with van der Waals surface area (Å²) in [6, 6.07) is 5.48. The Balaban J connectivity index is 0.00000220. The number of benzene rings is 1. The molecule has 0 radical (unpaired) electrons. The standard InChI is InChI=1S/C16H23ClN2O.ClH/c1-3-18-11-13-6-8-19(9-7-13)16(20)15-5-4-14(17)10-12(15)2;/h4-5,10,13,18H,3,6-9,11H2,1-2H3;1H. The van der Waals surface area contributed by atoms with Crippen molar-refractivity contribution in [3.8, 4) is 0 Å². The van der Waals surface area contributed by atoms with Crippen molar-refractivity contribution in [2.75, 3.05) is 26.2 Å². The number of nitrogens with zero attached hydrogens (tertiary/aromatic N) is 1. The van der Waals surface area contributed by atoms with Crippen molar-refractivity contribution < 1.29 is 4.79 Å². The molecule has 0 aliphatic carbocycles. The van der Waals surface area contributed by atoms with Crippen LogP contribution in [0.25, 0.3) is 0 Å². The van der Waals surface area contributed by atoms with Crippen molar-refractivity contribution in [2.45, 2.75) is 26.7 Å². The third-order valence-corrected chi connectivity index (χ3v) is 4.24. The topological polar surface area (TPSA) is 32.3 Å². The maximum Gasteiger partial charge on any atom is 0.254 e. The Morgan fingerprint density at radius 3 is 2.62 bits per heavy atom. The highest BCUT2D eigenvalue weighted by molar-refractivity contribution is 6.30. The zero-order chi connectivity index (χ0) is 14.5. The number of piperidine rings is 1. The molecule has 0 bridgehead atoms. The van der Waals surface area contributed by atoms with E-state index in [1.807, 2.05) is 24.0 Å². The van der Waals surface area contributed by atoms with Gasteiger partial charge in [-0.3, -0.25) is 4.79 Å². The summed E-state index contributed by atoms with van der Waals surface area (Å²) in [6.07, 6.45) is 2.18. The normalized spacial score (nSPS) is 15.7. The second-order valence-electron chi connectivity index (χ2n) is 5.50. The lowest BCUT2D eigenvalue weighted by molar-refractivity contribution is 0.0689. The van der Waals surface area contributed by atoms with E-state index in [1.165, 1.54) is 0 Å². The predicted octanol–water partition coefficient (Wildman–Crippen LogP) is 3.53. The summed E-state index contributed by atoms with van der Waals surface area (Å²) in [5.74, 6) is 0.839. The lowest BCUT2D eigenvalue weighted by atomic mass is 9.96. The molecule has 3 nitrogen and oxygen atoms in total. The molecule has 0 unspecified atom stereocenters. The minimum absolute atomic E-state index is 0. The quantitative estimate of drug-likeness (QED) is 0.915. The van der Waals surface area contributed by atoms with E-state index in [1.54, 1.807) is 6.07 Å². The third kappa shape index (κ3) is 4.87.